The molecule has 1 aromatic heterocycles. The van der Waals surface area contributed by atoms with Gasteiger partial charge in [-0.2, -0.15) is 0 Å². The largest absolute Gasteiger partial charge is 0.507 e. The number of unbranched alkanes of at least 4 members (excludes halogenated alkanes) is 2. The first-order chi connectivity index (χ1) is 16.5. The molecule has 3 aromatic rings. The molecule has 2 heterocycles. The van der Waals surface area contributed by atoms with E-state index >= 15 is 0 Å². The van der Waals surface area contributed by atoms with Crippen LogP contribution in [0.15, 0.2) is 78.5 Å². The molecule has 2 aromatic carbocycles. The molecule has 1 amide bonds. The van der Waals surface area contributed by atoms with E-state index in [2.05, 4.69) is 11.9 Å². The molecule has 1 saturated heterocycles. The summed E-state index contributed by atoms with van der Waals surface area (Å²) in [5, 5.41) is 11.2. The van der Waals surface area contributed by atoms with Crippen molar-refractivity contribution in [1.82, 2.24) is 4.98 Å². The number of nitrogens with zero attached hydrogens (tertiary/aromatic N) is 2. The molecule has 0 aliphatic carbocycles. The van der Waals surface area contributed by atoms with Crippen molar-refractivity contribution in [3.05, 3.63) is 95.3 Å². The summed E-state index contributed by atoms with van der Waals surface area (Å²) in [5.41, 5.74) is 2.55. The number of pyridine rings is 1. The number of aryl methyl sites for hydroxylation is 1. The zero-order valence-corrected chi connectivity index (χ0v) is 19.4. The Hall–Kier alpha value is -3.93. The molecule has 1 N–H and O–H groups in total. The van der Waals surface area contributed by atoms with Gasteiger partial charge in [0.25, 0.3) is 11.7 Å². The zero-order valence-electron chi connectivity index (χ0n) is 19.4. The molecule has 1 fully saturated rings. The highest BCUT2D eigenvalue weighted by Gasteiger charge is 2.47. The van der Waals surface area contributed by atoms with Gasteiger partial charge in [-0.3, -0.25) is 19.5 Å². The average Bonchev–Trinajstić information content (AvgIpc) is 3.13. The van der Waals surface area contributed by atoms with E-state index in [1.165, 1.54) is 4.90 Å². The number of aliphatic hydroxyl groups is 1. The lowest BCUT2D eigenvalue weighted by Crippen LogP contribution is -2.29. The maximum atomic E-state index is 13.2. The Labute approximate surface area is 199 Å². The normalized spacial score (nSPS) is 17.2. The molecule has 6 heteroatoms. The topological polar surface area (TPSA) is 79.7 Å². The minimum atomic E-state index is -0.839. The molecule has 4 rings (SSSR count). The number of aliphatic hydroxyl groups excluding tert-OH is 1. The van der Waals surface area contributed by atoms with Crippen LogP contribution < -0.4 is 9.64 Å². The number of ketones is 1. The summed E-state index contributed by atoms with van der Waals surface area (Å²) in [7, 11) is 0. The number of Topliss-reactive ketones (excluding diaryl/α,β-unsaturated/α-hetero) is 1. The molecular formula is C28H28N2O4. The number of carbonyl (C=O) groups excluding carboxylic acids is 2. The first-order valence-corrected chi connectivity index (χ1v) is 11.5. The number of hydrogen-bond donors (Lipinski definition) is 1. The van der Waals surface area contributed by atoms with Crippen LogP contribution in [0.5, 0.6) is 5.75 Å². The number of anilines is 1. The van der Waals surface area contributed by atoms with Crippen LogP contribution in [-0.2, 0) is 9.59 Å². The molecule has 0 spiro atoms. The summed E-state index contributed by atoms with van der Waals surface area (Å²) in [5.74, 6) is -0.985. The van der Waals surface area contributed by atoms with Crippen LogP contribution >= 0.6 is 0 Å². The van der Waals surface area contributed by atoms with E-state index in [1.54, 1.807) is 60.8 Å². The van der Waals surface area contributed by atoms with E-state index in [9.17, 15) is 14.7 Å². The van der Waals surface area contributed by atoms with Gasteiger partial charge in [-0.25, -0.2) is 0 Å². The SMILES string of the molecule is CCCCCOc1ccc(/C(O)=C2/C(=O)C(=O)N(c3ccc(C)cc3)C2c2ccccn2)cc1. The van der Waals surface area contributed by atoms with Crippen LogP contribution in [-0.4, -0.2) is 28.4 Å². The summed E-state index contributed by atoms with van der Waals surface area (Å²) in [6, 6.07) is 18.7. The number of aromatic nitrogens is 1. The van der Waals surface area contributed by atoms with Crippen LogP contribution in [0, 0.1) is 6.92 Å². The Balaban J connectivity index is 1.73. The van der Waals surface area contributed by atoms with E-state index in [1.807, 2.05) is 19.1 Å². The number of amides is 1. The molecule has 0 bridgehead atoms. The predicted octanol–water partition coefficient (Wildman–Crippen LogP) is 5.59. The first-order valence-electron chi connectivity index (χ1n) is 11.5. The fraction of sp³-hybridized carbons (Fsp3) is 0.250. The first kappa shape index (κ1) is 23.2. The lowest BCUT2D eigenvalue weighted by molar-refractivity contribution is -0.132. The van der Waals surface area contributed by atoms with Crippen LogP contribution in [0.4, 0.5) is 5.69 Å². The third-order valence-electron chi connectivity index (χ3n) is 5.87. The van der Waals surface area contributed by atoms with Crippen LogP contribution in [0.1, 0.15) is 49.0 Å². The van der Waals surface area contributed by atoms with Gasteiger partial charge < -0.3 is 9.84 Å². The van der Waals surface area contributed by atoms with Crippen molar-refractivity contribution >= 4 is 23.1 Å². The van der Waals surface area contributed by atoms with Crippen LogP contribution in [0.3, 0.4) is 0 Å². The highest BCUT2D eigenvalue weighted by atomic mass is 16.5. The Kier molecular flexibility index (Phi) is 7.07. The van der Waals surface area contributed by atoms with E-state index in [0.29, 0.717) is 29.3 Å². The van der Waals surface area contributed by atoms with E-state index < -0.39 is 17.7 Å². The highest BCUT2D eigenvalue weighted by molar-refractivity contribution is 6.51. The third-order valence-corrected chi connectivity index (χ3v) is 5.87. The molecule has 1 aliphatic heterocycles. The molecule has 0 saturated carbocycles. The van der Waals surface area contributed by atoms with Crippen LogP contribution in [0.25, 0.3) is 5.76 Å². The van der Waals surface area contributed by atoms with Crippen molar-refractivity contribution in [2.45, 2.75) is 39.2 Å². The molecular weight excluding hydrogens is 428 g/mol. The summed E-state index contributed by atoms with van der Waals surface area (Å²) in [6.45, 7) is 4.71. The second kappa shape index (κ2) is 10.3. The minimum absolute atomic E-state index is 0.0147. The Morgan fingerprint density at radius 3 is 2.38 bits per heavy atom. The van der Waals surface area contributed by atoms with Gasteiger partial charge in [0.05, 0.1) is 17.9 Å². The highest BCUT2D eigenvalue weighted by Crippen LogP contribution is 2.41. The summed E-state index contributed by atoms with van der Waals surface area (Å²) < 4.78 is 5.74. The fourth-order valence-electron chi connectivity index (χ4n) is 4.03. The molecule has 34 heavy (non-hydrogen) atoms. The number of hydrogen-bond acceptors (Lipinski definition) is 5. The van der Waals surface area contributed by atoms with Crippen molar-refractivity contribution in [2.75, 3.05) is 11.5 Å². The summed E-state index contributed by atoms with van der Waals surface area (Å²) in [6.07, 6.45) is 4.81. The Morgan fingerprint density at radius 1 is 1.00 bits per heavy atom. The van der Waals surface area contributed by atoms with Gasteiger partial charge >= 0.3 is 0 Å². The van der Waals surface area contributed by atoms with Crippen molar-refractivity contribution in [3.63, 3.8) is 0 Å². The summed E-state index contributed by atoms with van der Waals surface area (Å²) >= 11 is 0. The minimum Gasteiger partial charge on any atom is -0.507 e. The van der Waals surface area contributed by atoms with Crippen molar-refractivity contribution < 1.29 is 19.4 Å². The van der Waals surface area contributed by atoms with Gasteiger partial charge in [0, 0.05) is 17.4 Å². The zero-order chi connectivity index (χ0) is 24.1. The standard InChI is InChI=1S/C28H28N2O4/c1-3-4-7-18-34-22-15-11-20(12-16-22)26(31)24-25(23-8-5-6-17-29-23)30(28(33)27(24)32)21-13-9-19(2)10-14-21/h5-6,8-17,25,31H,3-4,7,18H2,1-2H3/b26-24-. The van der Waals surface area contributed by atoms with E-state index in [0.717, 1.165) is 24.8 Å². The molecule has 1 atom stereocenters. The van der Waals surface area contributed by atoms with Gasteiger partial charge in [-0.1, -0.05) is 43.5 Å². The lowest BCUT2D eigenvalue weighted by Gasteiger charge is -2.24. The van der Waals surface area contributed by atoms with Gasteiger partial charge in [-0.05, 0) is 61.9 Å². The van der Waals surface area contributed by atoms with Gasteiger partial charge in [0.15, 0.2) is 0 Å². The third kappa shape index (κ3) is 4.71. The number of ether oxygens (including phenoxy) is 1. The quantitative estimate of drug-likeness (QED) is 0.207. The second-order valence-electron chi connectivity index (χ2n) is 8.34. The average molecular weight is 457 g/mol. The molecule has 174 valence electrons. The molecule has 6 nitrogen and oxygen atoms in total. The van der Waals surface area contributed by atoms with Gasteiger partial charge in [0.1, 0.15) is 17.6 Å². The lowest BCUT2D eigenvalue weighted by atomic mass is 9.98. The number of carbonyl (C=O) groups is 2. The maximum absolute atomic E-state index is 13.2. The number of benzene rings is 2. The smallest absolute Gasteiger partial charge is 0.300 e. The maximum Gasteiger partial charge on any atom is 0.300 e. The van der Waals surface area contributed by atoms with E-state index in [-0.39, 0.29) is 11.3 Å². The molecule has 0 radical (unpaired) electrons. The number of rotatable bonds is 8. The van der Waals surface area contributed by atoms with Crippen molar-refractivity contribution in [2.24, 2.45) is 0 Å². The second-order valence-corrected chi connectivity index (χ2v) is 8.34. The predicted molar refractivity (Wildman–Crippen MR) is 132 cm³/mol. The van der Waals surface area contributed by atoms with Crippen molar-refractivity contribution in [3.8, 4) is 5.75 Å². The molecule has 1 unspecified atom stereocenters. The molecule has 1 aliphatic rings. The Bertz CT molecular complexity index is 1190. The van der Waals surface area contributed by atoms with Gasteiger partial charge in [-0.15, -0.1) is 0 Å². The van der Waals surface area contributed by atoms with E-state index in [4.69, 9.17) is 4.74 Å². The van der Waals surface area contributed by atoms with Crippen LogP contribution in [0.2, 0.25) is 0 Å². The van der Waals surface area contributed by atoms with Gasteiger partial charge in [0.2, 0.25) is 0 Å². The Morgan fingerprint density at radius 2 is 1.74 bits per heavy atom. The summed E-state index contributed by atoms with van der Waals surface area (Å²) in [4.78, 5) is 32.1. The monoisotopic (exact) mass is 456 g/mol. The van der Waals surface area contributed by atoms with Crippen molar-refractivity contribution in [1.29, 1.82) is 0 Å². The fourth-order valence-corrected chi connectivity index (χ4v) is 4.03.